The van der Waals surface area contributed by atoms with E-state index in [2.05, 4.69) is 25.6 Å². The monoisotopic (exact) mass is 539 g/mol. The first-order valence-electron chi connectivity index (χ1n) is 13.1. The molecule has 39 heavy (non-hydrogen) atoms. The van der Waals surface area contributed by atoms with E-state index in [0.29, 0.717) is 23.3 Å². The molecule has 9 nitrogen and oxygen atoms in total. The fraction of sp³-hybridized carbons (Fsp3) is 0.276. The highest BCUT2D eigenvalue weighted by Gasteiger charge is 2.22. The van der Waals surface area contributed by atoms with Gasteiger partial charge in [0.2, 0.25) is 11.9 Å². The number of aromatic nitrogens is 3. The van der Waals surface area contributed by atoms with E-state index >= 15 is 0 Å². The average molecular weight is 540 g/mol. The summed E-state index contributed by atoms with van der Waals surface area (Å²) in [7, 11) is 0. The van der Waals surface area contributed by atoms with Crippen molar-refractivity contribution in [2.24, 2.45) is 10.9 Å². The van der Waals surface area contributed by atoms with Crippen LogP contribution in [0.25, 0.3) is 21.8 Å². The molecule has 1 aliphatic heterocycles. The number of rotatable bonds is 7. The Labute approximate surface area is 230 Å². The number of hydrogen-bond acceptors (Lipinski definition) is 9. The van der Waals surface area contributed by atoms with Crippen LogP contribution in [0.3, 0.4) is 0 Å². The van der Waals surface area contributed by atoms with Crippen LogP contribution in [0.1, 0.15) is 43.8 Å². The number of carbonyl (C=O) groups is 1. The molecule has 6 rings (SSSR count). The highest BCUT2D eigenvalue weighted by molar-refractivity contribution is 7.19. The van der Waals surface area contributed by atoms with Crippen LogP contribution in [0.5, 0.6) is 0 Å². The number of nitrogens with one attached hydrogen (secondary N) is 2. The third-order valence-electron chi connectivity index (χ3n) is 7.00. The zero-order valence-electron chi connectivity index (χ0n) is 21.3. The fourth-order valence-corrected chi connectivity index (χ4v) is 5.86. The molecule has 4 aromatic rings. The molecule has 1 saturated carbocycles. The number of nitrogens with two attached hydrogens (primary N) is 1. The Morgan fingerprint density at radius 2 is 1.85 bits per heavy atom. The summed E-state index contributed by atoms with van der Waals surface area (Å²) >= 11 is 1.37. The third-order valence-corrected chi connectivity index (χ3v) is 7.90. The van der Waals surface area contributed by atoms with Crippen LogP contribution in [0.15, 0.2) is 65.8 Å². The van der Waals surface area contributed by atoms with Gasteiger partial charge in [0.15, 0.2) is 11.5 Å². The van der Waals surface area contributed by atoms with E-state index in [4.69, 9.17) is 15.5 Å². The molecule has 10 heteroatoms. The van der Waals surface area contributed by atoms with Crippen LogP contribution in [-0.4, -0.2) is 33.8 Å². The van der Waals surface area contributed by atoms with Crippen molar-refractivity contribution in [1.82, 2.24) is 15.0 Å². The first-order chi connectivity index (χ1) is 19.1. The minimum Gasteiger partial charge on any atom is -0.474 e. The lowest BCUT2D eigenvalue weighted by atomic mass is 9.88. The number of nitrogens with zero attached hydrogens (tertiary/aromatic N) is 4. The summed E-state index contributed by atoms with van der Waals surface area (Å²) < 4.78 is 5.55. The van der Waals surface area contributed by atoms with E-state index in [1.807, 2.05) is 54.6 Å². The summed E-state index contributed by atoms with van der Waals surface area (Å²) in [6.07, 6.45) is 8.48. The van der Waals surface area contributed by atoms with Crippen LogP contribution in [0.4, 0.5) is 22.5 Å². The van der Waals surface area contributed by atoms with Gasteiger partial charge in [-0.2, -0.15) is 0 Å². The van der Waals surface area contributed by atoms with E-state index in [1.54, 1.807) is 6.20 Å². The highest BCUT2D eigenvalue weighted by atomic mass is 32.1. The van der Waals surface area contributed by atoms with Crippen molar-refractivity contribution in [3.8, 4) is 21.8 Å². The Hall–Kier alpha value is -4.31. The molecular formula is C29H29N7O2S. The normalized spacial score (nSPS) is 17.1. The second-order valence-corrected chi connectivity index (χ2v) is 10.8. The lowest BCUT2D eigenvalue weighted by Crippen LogP contribution is -2.24. The van der Waals surface area contributed by atoms with Crippen LogP contribution in [-0.2, 0) is 9.53 Å². The van der Waals surface area contributed by atoms with Crippen molar-refractivity contribution >= 4 is 46.1 Å². The number of thiazole rings is 1. The minimum atomic E-state index is -0.0788. The van der Waals surface area contributed by atoms with Gasteiger partial charge in [0.05, 0.1) is 22.8 Å². The summed E-state index contributed by atoms with van der Waals surface area (Å²) in [4.78, 5) is 31.6. The van der Waals surface area contributed by atoms with E-state index in [0.717, 1.165) is 58.8 Å². The van der Waals surface area contributed by atoms with Crippen molar-refractivity contribution in [2.45, 2.75) is 38.2 Å². The van der Waals surface area contributed by atoms with E-state index in [-0.39, 0.29) is 17.9 Å². The molecule has 1 aliphatic carbocycles. The van der Waals surface area contributed by atoms with Gasteiger partial charge in [0, 0.05) is 29.1 Å². The van der Waals surface area contributed by atoms with Gasteiger partial charge in [-0.3, -0.25) is 9.79 Å². The van der Waals surface area contributed by atoms with Crippen molar-refractivity contribution in [1.29, 1.82) is 0 Å². The van der Waals surface area contributed by atoms with Crippen molar-refractivity contribution in [3.05, 3.63) is 66.4 Å². The molecule has 198 valence electrons. The Balaban J connectivity index is 1.23. The zero-order chi connectivity index (χ0) is 26.6. The maximum atomic E-state index is 12.8. The quantitative estimate of drug-likeness (QED) is 0.255. The van der Waals surface area contributed by atoms with Gasteiger partial charge < -0.3 is 21.1 Å². The van der Waals surface area contributed by atoms with Gasteiger partial charge in [0.25, 0.3) is 0 Å². The second kappa shape index (κ2) is 11.2. The molecule has 2 aromatic heterocycles. The average Bonchev–Trinajstić information content (AvgIpc) is 3.64. The maximum absolute atomic E-state index is 12.8. The number of nitrogen functional groups attached to an aromatic ring is 1. The summed E-state index contributed by atoms with van der Waals surface area (Å²) in [5, 5.41) is 6.84. The van der Waals surface area contributed by atoms with Crippen LogP contribution >= 0.6 is 11.3 Å². The lowest BCUT2D eigenvalue weighted by Gasteiger charge is -2.20. The van der Waals surface area contributed by atoms with Gasteiger partial charge in [-0.05, 0) is 48.7 Å². The smallest absolute Gasteiger partial charge is 0.227 e. The van der Waals surface area contributed by atoms with Crippen molar-refractivity contribution in [3.63, 3.8) is 0 Å². The molecule has 0 radical (unpaired) electrons. The molecule has 1 atom stereocenters. The fourth-order valence-electron chi connectivity index (χ4n) is 5.03. The maximum Gasteiger partial charge on any atom is 0.227 e. The molecule has 1 unspecified atom stereocenters. The lowest BCUT2D eigenvalue weighted by molar-refractivity contribution is -0.120. The van der Waals surface area contributed by atoms with Crippen molar-refractivity contribution < 1.29 is 9.53 Å². The SMILES string of the molecule is Nc1nc(-c2cccc(NC(=O)C3CCCCC3)c2)c(-c2ccnc(Nc3cccc(C4CN=CO4)c3)n2)s1. The number of anilines is 4. The summed E-state index contributed by atoms with van der Waals surface area (Å²) in [6.45, 7) is 0.608. The topological polar surface area (TPSA) is 127 Å². The number of amides is 1. The Kier molecular flexibility index (Phi) is 7.18. The van der Waals surface area contributed by atoms with Crippen molar-refractivity contribution in [2.75, 3.05) is 22.9 Å². The number of aliphatic imine (C=N–C) groups is 1. The first kappa shape index (κ1) is 25.0. The molecule has 1 fully saturated rings. The molecule has 3 heterocycles. The number of benzene rings is 2. The second-order valence-electron chi connectivity index (χ2n) is 9.75. The largest absolute Gasteiger partial charge is 0.474 e. The minimum absolute atomic E-state index is 0.0788. The summed E-state index contributed by atoms with van der Waals surface area (Å²) in [5.41, 5.74) is 11.1. The highest BCUT2D eigenvalue weighted by Crippen LogP contribution is 2.38. The van der Waals surface area contributed by atoms with Gasteiger partial charge in [-0.1, -0.05) is 54.9 Å². The van der Waals surface area contributed by atoms with E-state index < -0.39 is 0 Å². The zero-order valence-corrected chi connectivity index (χ0v) is 22.2. The molecule has 0 bridgehead atoms. The standard InChI is InChI=1S/C29H29N7O2S/c30-28-36-25(20-9-5-10-21(15-20)33-27(37)18-6-2-1-3-7-18)26(39-28)23-12-13-32-29(35-23)34-22-11-4-8-19(14-22)24-16-31-17-38-24/h4-5,8-15,17-18,24H,1-3,6-7,16H2,(H2,30,36)(H,33,37)(H,32,34,35). The molecule has 0 spiro atoms. The molecule has 1 amide bonds. The predicted octanol–water partition coefficient (Wildman–Crippen LogP) is 6.21. The molecule has 0 saturated heterocycles. The molecule has 2 aromatic carbocycles. The van der Waals surface area contributed by atoms with Gasteiger partial charge in [-0.15, -0.1) is 0 Å². The summed E-state index contributed by atoms with van der Waals surface area (Å²) in [5.74, 6) is 0.631. The molecule has 2 aliphatic rings. The Morgan fingerprint density at radius 3 is 2.69 bits per heavy atom. The van der Waals surface area contributed by atoms with Crippen LogP contribution in [0.2, 0.25) is 0 Å². The van der Waals surface area contributed by atoms with Crippen LogP contribution < -0.4 is 16.4 Å². The Bertz CT molecular complexity index is 1510. The van der Waals surface area contributed by atoms with Gasteiger partial charge in [0.1, 0.15) is 6.10 Å². The van der Waals surface area contributed by atoms with Crippen LogP contribution in [0, 0.1) is 5.92 Å². The van der Waals surface area contributed by atoms with Gasteiger partial charge >= 0.3 is 0 Å². The first-order valence-corrected chi connectivity index (χ1v) is 14.0. The Morgan fingerprint density at radius 1 is 1.00 bits per heavy atom. The van der Waals surface area contributed by atoms with E-state index in [1.165, 1.54) is 24.2 Å². The number of ether oxygens (including phenoxy) is 1. The third kappa shape index (κ3) is 5.75. The number of carbonyl (C=O) groups excluding carboxylic acids is 1. The predicted molar refractivity (Wildman–Crippen MR) is 155 cm³/mol. The summed E-state index contributed by atoms with van der Waals surface area (Å²) in [6, 6.07) is 17.5. The van der Waals surface area contributed by atoms with Gasteiger partial charge in [-0.25, -0.2) is 15.0 Å². The molecular weight excluding hydrogens is 510 g/mol. The molecule has 4 N–H and O–H groups in total. The van der Waals surface area contributed by atoms with E-state index in [9.17, 15) is 4.79 Å². The number of hydrogen-bond donors (Lipinski definition) is 3.